The van der Waals surface area contributed by atoms with Crippen molar-refractivity contribution in [3.63, 3.8) is 0 Å². The monoisotopic (exact) mass is 648 g/mol. The zero-order valence-corrected chi connectivity index (χ0v) is 29.7. The third-order valence-corrected chi connectivity index (χ3v) is 10.3. The Balaban J connectivity index is 1.59. The van der Waals surface area contributed by atoms with Gasteiger partial charge in [-0.2, -0.15) is 0 Å². The number of aromatic hydroxyl groups is 2. The number of ether oxygens (including phenoxy) is 2. The van der Waals surface area contributed by atoms with Gasteiger partial charge in [0, 0.05) is 25.7 Å². The summed E-state index contributed by atoms with van der Waals surface area (Å²) in [5.41, 5.74) is 7.74. The second kappa shape index (κ2) is 17.5. The first-order valence-electron chi connectivity index (χ1n) is 18.5. The lowest BCUT2D eigenvalue weighted by atomic mass is 9.91. The van der Waals surface area contributed by atoms with Gasteiger partial charge in [0.1, 0.15) is 23.0 Å². The number of hydrogen-bond donors (Lipinski definition) is 2. The van der Waals surface area contributed by atoms with E-state index in [9.17, 15) is 10.2 Å². The number of unbranched alkanes of at least 4 members (excludes halogenated alkanes) is 2. The molecule has 2 atom stereocenters. The predicted octanol–water partition coefficient (Wildman–Crippen LogP) is 11.0. The number of para-hydroxylation sites is 4. The second-order valence-corrected chi connectivity index (χ2v) is 13.8. The molecule has 48 heavy (non-hydrogen) atoms. The van der Waals surface area contributed by atoms with Gasteiger partial charge in [-0.25, -0.2) is 0 Å². The van der Waals surface area contributed by atoms with E-state index in [4.69, 9.17) is 9.47 Å². The molecule has 2 N–H and O–H groups in total. The van der Waals surface area contributed by atoms with E-state index in [1.807, 2.05) is 24.3 Å². The van der Waals surface area contributed by atoms with Gasteiger partial charge in [0.2, 0.25) is 0 Å². The molecule has 2 unspecified atom stereocenters. The maximum Gasteiger partial charge on any atom is 0.126 e. The molecule has 0 amide bonds. The topological polar surface area (TPSA) is 58.9 Å². The number of fused-ring (bicyclic) bond motifs is 8. The van der Waals surface area contributed by atoms with Gasteiger partial charge in [0.05, 0.1) is 13.2 Å². The SMILES string of the molecule is CCCCC(CC)COc1c2cccc1Cc1cccc(c1O)Cc1cccc(c1OCC(CC)CCCC)Cc1cccc(c1O)C2. The normalized spacial score (nSPS) is 13.9. The first-order valence-corrected chi connectivity index (χ1v) is 18.5. The van der Waals surface area contributed by atoms with Crippen molar-refractivity contribution in [2.75, 3.05) is 13.2 Å². The standard InChI is InChI=1S/C44H56O4/c1-5-9-15-31(7-3)29-47-43-37-21-13-22-38(43)26-34-18-12-20-36(42(34)46)28-40-24-14-23-39(27-35-19-11-17-33(25-37)41(35)45)44(40)48-30-32(8-4)16-10-6-2/h11-14,17-24,31-32,45-46H,5-10,15-16,25-30H2,1-4H3. The predicted molar refractivity (Wildman–Crippen MR) is 198 cm³/mol. The maximum atomic E-state index is 11.7. The average molecular weight is 649 g/mol. The van der Waals surface area contributed by atoms with E-state index in [1.165, 1.54) is 25.7 Å². The van der Waals surface area contributed by atoms with Gasteiger partial charge >= 0.3 is 0 Å². The lowest BCUT2D eigenvalue weighted by Gasteiger charge is -2.23. The van der Waals surface area contributed by atoms with Crippen molar-refractivity contribution < 1.29 is 19.7 Å². The summed E-state index contributed by atoms with van der Waals surface area (Å²) in [4.78, 5) is 0. The largest absolute Gasteiger partial charge is 0.507 e. The molecule has 4 nitrogen and oxygen atoms in total. The fraction of sp³-hybridized carbons (Fsp3) is 0.455. The van der Waals surface area contributed by atoms with Crippen LogP contribution in [0.3, 0.4) is 0 Å². The lowest BCUT2D eigenvalue weighted by Crippen LogP contribution is -2.14. The van der Waals surface area contributed by atoms with Crippen LogP contribution in [-0.4, -0.2) is 23.4 Å². The highest BCUT2D eigenvalue weighted by atomic mass is 16.5. The average Bonchev–Trinajstić information content (AvgIpc) is 3.09. The van der Waals surface area contributed by atoms with Gasteiger partial charge in [0.25, 0.3) is 0 Å². The fourth-order valence-corrected chi connectivity index (χ4v) is 7.08. The Kier molecular flexibility index (Phi) is 12.9. The van der Waals surface area contributed by atoms with Gasteiger partial charge in [-0.15, -0.1) is 0 Å². The van der Waals surface area contributed by atoms with E-state index in [2.05, 4.69) is 76.2 Å². The molecule has 0 aromatic heterocycles. The number of phenolic OH excluding ortho intramolecular Hbond substituents is 2. The van der Waals surface area contributed by atoms with Crippen molar-refractivity contribution in [2.45, 2.75) is 105 Å². The molecule has 0 aliphatic heterocycles. The molecule has 0 heterocycles. The maximum absolute atomic E-state index is 11.7. The molecule has 0 saturated heterocycles. The van der Waals surface area contributed by atoms with E-state index >= 15 is 0 Å². The molecule has 0 fully saturated rings. The highest BCUT2D eigenvalue weighted by Gasteiger charge is 2.21. The summed E-state index contributed by atoms with van der Waals surface area (Å²) in [6.45, 7) is 10.3. The quantitative estimate of drug-likeness (QED) is 0.126. The molecular weight excluding hydrogens is 592 g/mol. The van der Waals surface area contributed by atoms with Crippen LogP contribution >= 0.6 is 0 Å². The number of benzene rings is 4. The number of rotatable bonds is 14. The molecule has 256 valence electrons. The molecule has 4 aromatic rings. The molecular formula is C44H56O4. The molecule has 0 radical (unpaired) electrons. The van der Waals surface area contributed by atoms with Crippen LogP contribution in [0.25, 0.3) is 0 Å². The Labute approximate surface area is 289 Å². The minimum Gasteiger partial charge on any atom is -0.507 e. The van der Waals surface area contributed by atoms with E-state index in [1.54, 1.807) is 0 Å². The van der Waals surface area contributed by atoms with Gasteiger partial charge in [-0.3, -0.25) is 0 Å². The molecule has 1 aliphatic carbocycles. The Hall–Kier alpha value is -3.92. The summed E-state index contributed by atoms with van der Waals surface area (Å²) in [5, 5.41) is 23.5. The van der Waals surface area contributed by atoms with E-state index in [-0.39, 0.29) is 0 Å². The zero-order valence-electron chi connectivity index (χ0n) is 29.7. The highest BCUT2D eigenvalue weighted by Crippen LogP contribution is 2.38. The second-order valence-electron chi connectivity index (χ2n) is 13.8. The third-order valence-electron chi connectivity index (χ3n) is 10.3. The van der Waals surface area contributed by atoms with E-state index in [0.717, 1.165) is 81.7 Å². The molecule has 4 heteroatoms. The fourth-order valence-electron chi connectivity index (χ4n) is 7.08. The number of hydrogen-bond acceptors (Lipinski definition) is 4. The summed E-state index contributed by atoms with van der Waals surface area (Å²) < 4.78 is 13.5. The van der Waals surface area contributed by atoms with Crippen LogP contribution in [-0.2, 0) is 25.7 Å². The minimum atomic E-state index is 0.337. The van der Waals surface area contributed by atoms with Crippen LogP contribution < -0.4 is 9.47 Å². The highest BCUT2D eigenvalue weighted by molar-refractivity contribution is 5.55. The van der Waals surface area contributed by atoms with Gasteiger partial charge in [-0.05, 0) is 69.2 Å². The zero-order chi connectivity index (χ0) is 33.9. The van der Waals surface area contributed by atoms with Crippen LogP contribution in [0.4, 0.5) is 0 Å². The summed E-state index contributed by atoms with van der Waals surface area (Å²) >= 11 is 0. The van der Waals surface area contributed by atoms with Gasteiger partial charge in [0.15, 0.2) is 0 Å². The molecule has 8 bridgehead atoms. The molecule has 4 aromatic carbocycles. The van der Waals surface area contributed by atoms with Crippen LogP contribution in [0.15, 0.2) is 72.8 Å². The number of phenols is 2. The van der Waals surface area contributed by atoms with Crippen molar-refractivity contribution >= 4 is 0 Å². The van der Waals surface area contributed by atoms with Crippen LogP contribution in [0.2, 0.25) is 0 Å². The Morgan fingerprint density at radius 2 is 0.771 bits per heavy atom. The minimum absolute atomic E-state index is 0.337. The van der Waals surface area contributed by atoms with Gasteiger partial charge in [-0.1, -0.05) is 139 Å². The van der Waals surface area contributed by atoms with E-state index in [0.29, 0.717) is 62.2 Å². The van der Waals surface area contributed by atoms with Crippen molar-refractivity contribution in [3.8, 4) is 23.0 Å². The smallest absolute Gasteiger partial charge is 0.126 e. The molecule has 0 saturated carbocycles. The Morgan fingerprint density at radius 3 is 1.04 bits per heavy atom. The van der Waals surface area contributed by atoms with Crippen molar-refractivity contribution in [1.29, 1.82) is 0 Å². The molecule has 5 rings (SSSR count). The molecule has 1 aliphatic rings. The summed E-state index contributed by atoms with van der Waals surface area (Å²) in [7, 11) is 0. The van der Waals surface area contributed by atoms with Crippen molar-refractivity contribution in [2.24, 2.45) is 11.8 Å². The van der Waals surface area contributed by atoms with Crippen LogP contribution in [0.5, 0.6) is 23.0 Å². The Morgan fingerprint density at radius 1 is 0.479 bits per heavy atom. The Bertz CT molecular complexity index is 1420. The summed E-state index contributed by atoms with van der Waals surface area (Å²) in [6.07, 6.45) is 11.4. The van der Waals surface area contributed by atoms with Crippen LogP contribution in [0.1, 0.15) is 124 Å². The van der Waals surface area contributed by atoms with Crippen LogP contribution in [0, 0.1) is 11.8 Å². The molecule has 0 spiro atoms. The summed E-state index contributed by atoms with van der Waals surface area (Å²) in [6, 6.07) is 24.9. The lowest BCUT2D eigenvalue weighted by molar-refractivity contribution is 0.230. The first kappa shape index (κ1) is 35.4. The van der Waals surface area contributed by atoms with Crippen molar-refractivity contribution in [3.05, 3.63) is 117 Å². The third kappa shape index (κ3) is 8.75. The van der Waals surface area contributed by atoms with Gasteiger partial charge < -0.3 is 19.7 Å². The van der Waals surface area contributed by atoms with Crippen molar-refractivity contribution in [1.82, 2.24) is 0 Å². The first-order chi connectivity index (χ1) is 23.4. The summed E-state index contributed by atoms with van der Waals surface area (Å²) in [5.74, 6) is 3.41. The van der Waals surface area contributed by atoms with E-state index < -0.39 is 0 Å².